The number of nitrogen functional groups attached to an aromatic ring is 1. The Balaban J connectivity index is 0.933. The first-order chi connectivity index (χ1) is 28.6. The van der Waals surface area contributed by atoms with Gasteiger partial charge in [-0.05, 0) is 110 Å². The van der Waals surface area contributed by atoms with Gasteiger partial charge in [0.25, 0.3) is 0 Å². The van der Waals surface area contributed by atoms with E-state index in [4.69, 9.17) is 34.7 Å². The van der Waals surface area contributed by atoms with Crippen molar-refractivity contribution < 1.29 is 47.6 Å². The maximum absolute atomic E-state index is 13.8. The van der Waals surface area contributed by atoms with Gasteiger partial charge in [-0.15, -0.1) is 0 Å². The van der Waals surface area contributed by atoms with Crippen LogP contribution in [0.4, 0.5) is 5.82 Å². The summed E-state index contributed by atoms with van der Waals surface area (Å²) < 4.78 is 43.5. The topological polar surface area (TPSA) is 233 Å². The summed E-state index contributed by atoms with van der Waals surface area (Å²) in [6.07, 6.45) is 11.9. The number of aliphatic hydroxyl groups excluding tert-OH is 2. The van der Waals surface area contributed by atoms with Crippen molar-refractivity contribution in [2.75, 3.05) is 45.1 Å². The molecule has 0 spiro atoms. The Morgan fingerprint density at radius 2 is 1.67 bits per heavy atom. The third kappa shape index (κ3) is 10.4. The number of anilines is 1. The van der Waals surface area contributed by atoms with Crippen molar-refractivity contribution in [3.05, 3.63) is 12.7 Å². The van der Waals surface area contributed by atoms with Gasteiger partial charge >= 0.3 is 19.5 Å². The van der Waals surface area contributed by atoms with E-state index in [0.29, 0.717) is 60.1 Å². The van der Waals surface area contributed by atoms with Crippen LogP contribution in [-0.4, -0.2) is 99.3 Å². The van der Waals surface area contributed by atoms with Crippen molar-refractivity contribution in [2.24, 2.45) is 58.0 Å². The molecule has 6 rings (SSSR count). The Labute approximate surface area is 355 Å². The number of aromatic nitrogens is 4. The van der Waals surface area contributed by atoms with Crippen molar-refractivity contribution >= 4 is 36.5 Å². The van der Waals surface area contributed by atoms with E-state index < -0.39 is 19.6 Å². The third-order valence-corrected chi connectivity index (χ3v) is 16.8. The van der Waals surface area contributed by atoms with E-state index in [2.05, 4.69) is 35.7 Å². The van der Waals surface area contributed by atoms with E-state index in [1.807, 2.05) is 13.8 Å². The van der Waals surface area contributed by atoms with E-state index in [0.717, 1.165) is 38.5 Å². The fourth-order valence-corrected chi connectivity index (χ4v) is 12.9. The zero-order valence-electron chi connectivity index (χ0n) is 36.4. The molecule has 2 aromatic rings. The van der Waals surface area contributed by atoms with Crippen LogP contribution in [0.1, 0.15) is 112 Å². The Morgan fingerprint density at radius 3 is 2.40 bits per heavy atom. The molecule has 12 atom stereocenters. The molecule has 338 valence electrons. The fourth-order valence-electron chi connectivity index (χ4n) is 11.5. The van der Waals surface area contributed by atoms with Gasteiger partial charge in [0.1, 0.15) is 24.2 Å². The SMILES string of the molecule is CC(C)[C@@H](N)C(=O)OCCCOP(=O)(COCCn1cnc2c(N)ncnc21)OCCCOC(=O)CC[C@@H](C)[C@H]1CC[C@H]2[C@@H]3CC[C@@H]4C[C@H](O)CC[C@]4(C)[C@H]3C[C@H](O)[C@]12C. The number of carbonyl (C=O) groups excluding carboxylic acids is 2. The number of fused-ring (bicyclic) bond motifs is 6. The van der Waals surface area contributed by atoms with E-state index in [-0.39, 0.29) is 98.9 Å². The highest BCUT2D eigenvalue weighted by atomic mass is 31.2. The predicted octanol–water partition coefficient (Wildman–Crippen LogP) is 5.87. The molecule has 0 amide bonds. The number of hydrogen-bond donors (Lipinski definition) is 4. The van der Waals surface area contributed by atoms with Gasteiger partial charge < -0.3 is 49.5 Å². The average Bonchev–Trinajstić information content (AvgIpc) is 3.81. The molecule has 60 heavy (non-hydrogen) atoms. The first-order valence-corrected chi connectivity index (χ1v) is 24.1. The summed E-state index contributed by atoms with van der Waals surface area (Å²) in [6, 6.07) is -0.730. The molecular weight excluding hydrogens is 791 g/mol. The molecule has 2 aromatic heterocycles. The summed E-state index contributed by atoms with van der Waals surface area (Å²) in [6.45, 7) is 11.3. The summed E-state index contributed by atoms with van der Waals surface area (Å²) in [5.41, 5.74) is 12.8. The number of carbonyl (C=O) groups is 2. The molecule has 1 unspecified atom stereocenters. The van der Waals surface area contributed by atoms with Crippen LogP contribution in [-0.2, 0) is 44.0 Å². The molecule has 0 radical (unpaired) electrons. The van der Waals surface area contributed by atoms with Gasteiger partial charge in [-0.3, -0.25) is 14.2 Å². The minimum atomic E-state index is -3.76. The lowest BCUT2D eigenvalue weighted by Gasteiger charge is -2.62. The summed E-state index contributed by atoms with van der Waals surface area (Å²) in [4.78, 5) is 37.5. The van der Waals surface area contributed by atoms with Gasteiger partial charge in [-0.2, -0.15) is 0 Å². The normalized spacial score (nSPS) is 32.1. The molecule has 16 nitrogen and oxygen atoms in total. The van der Waals surface area contributed by atoms with Gasteiger partial charge in [0.2, 0.25) is 0 Å². The van der Waals surface area contributed by atoms with E-state index in [1.54, 1.807) is 10.9 Å². The Morgan fingerprint density at radius 1 is 0.933 bits per heavy atom. The Bertz CT molecular complexity index is 1800. The average molecular weight is 863 g/mol. The summed E-state index contributed by atoms with van der Waals surface area (Å²) in [7, 11) is -3.76. The number of hydrogen-bond acceptors (Lipinski definition) is 15. The summed E-state index contributed by atoms with van der Waals surface area (Å²) >= 11 is 0. The number of ether oxygens (including phenoxy) is 3. The van der Waals surface area contributed by atoms with Gasteiger partial charge in [0.15, 0.2) is 11.5 Å². The maximum atomic E-state index is 13.8. The van der Waals surface area contributed by atoms with Crippen LogP contribution in [0.2, 0.25) is 0 Å². The number of imidazole rings is 1. The number of esters is 2. The smallest absolute Gasteiger partial charge is 0.356 e. The van der Waals surface area contributed by atoms with Crippen molar-refractivity contribution in [1.29, 1.82) is 0 Å². The third-order valence-electron chi connectivity index (χ3n) is 15.1. The number of nitrogens with two attached hydrogens (primary N) is 2. The quantitative estimate of drug-likeness (QED) is 0.0653. The first-order valence-electron chi connectivity index (χ1n) is 22.4. The largest absolute Gasteiger partial charge is 0.466 e. The van der Waals surface area contributed by atoms with Crippen molar-refractivity contribution in [3.63, 3.8) is 0 Å². The highest BCUT2D eigenvalue weighted by Gasteiger charge is 2.63. The van der Waals surface area contributed by atoms with Crippen LogP contribution in [0.25, 0.3) is 11.2 Å². The van der Waals surface area contributed by atoms with Gasteiger partial charge in [0.05, 0.1) is 51.6 Å². The highest BCUT2D eigenvalue weighted by Crippen LogP contribution is 2.68. The van der Waals surface area contributed by atoms with Crippen LogP contribution in [0.5, 0.6) is 0 Å². The maximum Gasteiger partial charge on any atom is 0.356 e. The Kier molecular flexibility index (Phi) is 15.7. The summed E-state index contributed by atoms with van der Waals surface area (Å²) in [5, 5.41) is 22.3. The Hall–Kier alpha value is -2.72. The zero-order chi connectivity index (χ0) is 43.2. The molecule has 4 aliphatic carbocycles. The molecule has 0 bridgehead atoms. The predicted molar refractivity (Wildman–Crippen MR) is 225 cm³/mol. The van der Waals surface area contributed by atoms with E-state index in [9.17, 15) is 24.4 Å². The van der Waals surface area contributed by atoms with Gasteiger partial charge in [0, 0.05) is 25.8 Å². The van der Waals surface area contributed by atoms with Gasteiger partial charge in [-0.1, -0.05) is 34.6 Å². The van der Waals surface area contributed by atoms with Crippen LogP contribution < -0.4 is 11.5 Å². The monoisotopic (exact) mass is 862 g/mol. The molecule has 4 saturated carbocycles. The minimum absolute atomic E-state index is 0.00709. The summed E-state index contributed by atoms with van der Waals surface area (Å²) in [5.74, 6) is 2.17. The van der Waals surface area contributed by atoms with Crippen LogP contribution in [0.3, 0.4) is 0 Å². The van der Waals surface area contributed by atoms with E-state index in [1.165, 1.54) is 19.2 Å². The van der Waals surface area contributed by atoms with Crippen LogP contribution in [0.15, 0.2) is 12.7 Å². The number of nitrogens with zero attached hydrogens (tertiary/aromatic N) is 4. The first kappa shape index (κ1) is 46.8. The second-order valence-corrected chi connectivity index (χ2v) is 20.9. The van der Waals surface area contributed by atoms with Crippen molar-refractivity contribution in [1.82, 2.24) is 19.5 Å². The molecule has 4 aliphatic rings. The molecular formula is C43H71N6O10P. The fraction of sp³-hybridized carbons (Fsp3) is 0.837. The zero-order valence-corrected chi connectivity index (χ0v) is 37.3. The van der Waals surface area contributed by atoms with Crippen LogP contribution in [0, 0.1) is 52.3 Å². The lowest BCUT2D eigenvalue weighted by Crippen LogP contribution is -2.58. The molecule has 0 aromatic carbocycles. The van der Waals surface area contributed by atoms with Crippen molar-refractivity contribution in [3.8, 4) is 0 Å². The standard InChI is InChI=1S/C43H71N6O10P/c1-27(2)37(44)41(53)57-18-7-20-59-60(54,26-55-21-16-49-25-48-38-39(45)46-24-47-40(38)49)58-19-6-17-56-36(52)13-8-28(3)32-11-12-33-31-10-9-29-22-30(50)14-15-42(29,4)34(31)23-35(51)43(32,33)5/h24-25,27-35,37,50-51H,6-23,26,44H2,1-5H3,(H2,45,46,47)/t28-,29-,30-,31+,32-,33+,34+,35+,37-,42+,43-,60?/m1/s1. The number of aliphatic hydroxyl groups is 2. The molecule has 6 N–H and O–H groups in total. The van der Waals surface area contributed by atoms with Crippen LogP contribution >= 0.6 is 7.60 Å². The lowest BCUT2D eigenvalue weighted by molar-refractivity contribution is -0.175. The molecule has 17 heteroatoms. The van der Waals surface area contributed by atoms with Crippen molar-refractivity contribution in [2.45, 2.75) is 136 Å². The lowest BCUT2D eigenvalue weighted by atomic mass is 9.43. The van der Waals surface area contributed by atoms with Gasteiger partial charge in [-0.25, -0.2) is 15.0 Å². The highest BCUT2D eigenvalue weighted by molar-refractivity contribution is 7.53. The molecule has 2 heterocycles. The molecule has 4 fully saturated rings. The molecule has 0 saturated heterocycles. The number of rotatable bonds is 21. The van der Waals surface area contributed by atoms with E-state index >= 15 is 0 Å². The second-order valence-electron chi connectivity index (χ2n) is 19.0. The minimum Gasteiger partial charge on any atom is -0.466 e. The molecule has 0 aliphatic heterocycles. The second kappa shape index (κ2) is 20.2.